The number of piperidine rings is 1. The number of rotatable bonds is 7. The normalized spacial score (nSPS) is 21.6. The first-order valence-electron chi connectivity index (χ1n) is 13.3. The number of aliphatic imine (C=N–C) groups is 1. The van der Waals surface area contributed by atoms with E-state index in [0.29, 0.717) is 43.1 Å². The summed E-state index contributed by atoms with van der Waals surface area (Å²) in [6, 6.07) is 5.22. The van der Waals surface area contributed by atoms with Crippen LogP contribution in [0.2, 0.25) is 0 Å². The monoisotopic (exact) mass is 560 g/mol. The third kappa shape index (κ3) is 7.23. The van der Waals surface area contributed by atoms with Gasteiger partial charge in [-0.25, -0.2) is 4.99 Å². The summed E-state index contributed by atoms with van der Waals surface area (Å²) in [6.07, 6.45) is 2.55. The zero-order valence-corrected chi connectivity index (χ0v) is 22.8. The molecule has 0 spiro atoms. The molecule has 2 heterocycles. The lowest BCUT2D eigenvalue weighted by Gasteiger charge is -2.32. The van der Waals surface area contributed by atoms with Gasteiger partial charge in [-0.05, 0) is 55.0 Å². The summed E-state index contributed by atoms with van der Waals surface area (Å²) in [6.45, 7) is 4.69. The van der Waals surface area contributed by atoms with Crippen molar-refractivity contribution in [3.05, 3.63) is 59.5 Å². The van der Waals surface area contributed by atoms with E-state index < -0.39 is 24.0 Å². The van der Waals surface area contributed by atoms with Crippen LogP contribution in [0.15, 0.2) is 58.9 Å². The fraction of sp³-hybridized carbons (Fsp3) is 0.464. The molecule has 40 heavy (non-hydrogen) atoms. The Morgan fingerprint density at radius 1 is 1.23 bits per heavy atom. The summed E-state index contributed by atoms with van der Waals surface area (Å²) in [7, 11) is 1.53. The maximum atomic E-state index is 13.8. The van der Waals surface area contributed by atoms with Crippen LogP contribution in [0, 0.1) is 0 Å². The molecule has 0 radical (unpaired) electrons. The number of hydrogen-bond acceptors (Lipinski definition) is 7. The Morgan fingerprint density at radius 2 is 1.98 bits per heavy atom. The number of ether oxygens (including phenoxy) is 1. The van der Waals surface area contributed by atoms with E-state index in [2.05, 4.69) is 26.3 Å². The van der Waals surface area contributed by atoms with Gasteiger partial charge in [0.1, 0.15) is 11.9 Å². The van der Waals surface area contributed by atoms with Crippen LogP contribution in [-0.4, -0.2) is 61.3 Å². The average Bonchev–Trinajstić information content (AvgIpc) is 2.93. The number of carbonyl (C=O) groups excluding carboxylic acids is 2. The van der Waals surface area contributed by atoms with E-state index >= 15 is 0 Å². The fourth-order valence-corrected chi connectivity index (χ4v) is 4.95. The molecule has 9 nitrogen and oxygen atoms in total. The Kier molecular flexibility index (Phi) is 9.18. The number of nitrogens with one attached hydrogen (secondary N) is 4. The van der Waals surface area contributed by atoms with E-state index in [1.165, 1.54) is 7.11 Å². The number of anilines is 1. The van der Waals surface area contributed by atoms with Gasteiger partial charge in [-0.2, -0.15) is 13.2 Å². The van der Waals surface area contributed by atoms with Gasteiger partial charge >= 0.3 is 6.18 Å². The van der Waals surface area contributed by atoms with Crippen LogP contribution >= 0.6 is 0 Å². The highest BCUT2D eigenvalue weighted by molar-refractivity contribution is 5.96. The highest BCUT2D eigenvalue weighted by atomic mass is 19.4. The number of halogens is 3. The molecule has 0 saturated carbocycles. The minimum atomic E-state index is -4.61. The second kappa shape index (κ2) is 12.6. The molecule has 12 heteroatoms. The number of alkyl halides is 3. The summed E-state index contributed by atoms with van der Waals surface area (Å²) >= 11 is 0. The van der Waals surface area contributed by atoms with Gasteiger partial charge in [0.15, 0.2) is 0 Å². The van der Waals surface area contributed by atoms with E-state index in [-0.39, 0.29) is 23.7 Å². The van der Waals surface area contributed by atoms with Crippen LogP contribution in [-0.2, 0) is 9.59 Å². The van der Waals surface area contributed by atoms with Crippen LogP contribution < -0.4 is 26.0 Å². The predicted molar refractivity (Wildman–Crippen MR) is 147 cm³/mol. The second-order valence-corrected chi connectivity index (χ2v) is 9.92. The van der Waals surface area contributed by atoms with Gasteiger partial charge in [0, 0.05) is 44.4 Å². The van der Waals surface area contributed by atoms with E-state index in [0.717, 1.165) is 24.6 Å². The molecule has 4 N–H and O–H groups in total. The van der Waals surface area contributed by atoms with E-state index in [1.807, 2.05) is 23.1 Å². The standard InChI is InChI=1S/C28H35F3N6O3/c1-4-25(39)33-20-6-5-7-21(15-20)34-26-22(28(29,30)31)16-32-27(36-26)35-23-9-8-19(14-24(23)40-3)18-10-12-37(13-11-18)17(2)38/h5-6,8-9,14-16,18,21,26,34H,4,7,10-13H2,1-3H3,(H,33,39)(H2,32,35,36). The Labute approximate surface area is 231 Å². The predicted octanol–water partition coefficient (Wildman–Crippen LogP) is 3.89. The third-order valence-corrected chi connectivity index (χ3v) is 7.18. The van der Waals surface area contributed by atoms with Gasteiger partial charge in [-0.1, -0.05) is 19.1 Å². The van der Waals surface area contributed by atoms with Gasteiger partial charge < -0.3 is 25.6 Å². The van der Waals surface area contributed by atoms with Crippen molar-refractivity contribution in [1.29, 1.82) is 0 Å². The van der Waals surface area contributed by atoms with Crippen molar-refractivity contribution >= 4 is 23.5 Å². The summed E-state index contributed by atoms with van der Waals surface area (Å²) in [5, 5.41) is 11.4. The highest BCUT2D eigenvalue weighted by Crippen LogP contribution is 2.35. The molecule has 2 atom stereocenters. The number of benzene rings is 1. The molecular formula is C28H35F3N6O3. The molecule has 1 saturated heterocycles. The second-order valence-electron chi connectivity index (χ2n) is 9.92. The molecule has 3 aliphatic rings. The number of guanidine groups is 1. The molecule has 1 aromatic carbocycles. The number of nitrogens with zero attached hydrogens (tertiary/aromatic N) is 2. The lowest BCUT2D eigenvalue weighted by Crippen LogP contribution is -2.47. The molecule has 2 aliphatic heterocycles. The topological polar surface area (TPSA) is 107 Å². The zero-order chi connectivity index (χ0) is 28.9. The number of likely N-dealkylation sites (tertiary alicyclic amines) is 1. The summed E-state index contributed by atoms with van der Waals surface area (Å²) in [4.78, 5) is 29.5. The molecule has 2 amide bonds. The molecule has 2 unspecified atom stereocenters. The fourth-order valence-electron chi connectivity index (χ4n) is 4.95. The molecule has 216 valence electrons. The van der Waals surface area contributed by atoms with Crippen molar-refractivity contribution < 1.29 is 27.5 Å². The highest BCUT2D eigenvalue weighted by Gasteiger charge is 2.41. The van der Waals surface area contributed by atoms with Crippen molar-refractivity contribution in [2.75, 3.05) is 25.5 Å². The maximum Gasteiger partial charge on any atom is 0.417 e. The van der Waals surface area contributed by atoms with E-state index in [9.17, 15) is 22.8 Å². The van der Waals surface area contributed by atoms with Crippen molar-refractivity contribution in [3.63, 3.8) is 0 Å². The van der Waals surface area contributed by atoms with Crippen LogP contribution in [0.5, 0.6) is 5.75 Å². The maximum absolute atomic E-state index is 13.8. The molecular weight excluding hydrogens is 525 g/mol. The van der Waals surface area contributed by atoms with Crippen molar-refractivity contribution in [2.45, 2.75) is 63.8 Å². The van der Waals surface area contributed by atoms with Gasteiger partial charge in [0.25, 0.3) is 0 Å². The number of methoxy groups -OCH3 is 1. The smallest absolute Gasteiger partial charge is 0.417 e. The summed E-state index contributed by atoms with van der Waals surface area (Å²) in [5.74, 6) is 0.829. The van der Waals surface area contributed by atoms with E-state index in [1.54, 1.807) is 32.1 Å². The lowest BCUT2D eigenvalue weighted by atomic mass is 9.89. The molecule has 1 aromatic rings. The average molecular weight is 561 g/mol. The summed E-state index contributed by atoms with van der Waals surface area (Å²) < 4.78 is 47.1. The molecule has 4 rings (SSSR count). The van der Waals surface area contributed by atoms with Crippen LogP contribution in [0.3, 0.4) is 0 Å². The van der Waals surface area contributed by atoms with Gasteiger partial charge in [-0.3, -0.25) is 14.9 Å². The van der Waals surface area contributed by atoms with Crippen LogP contribution in [0.4, 0.5) is 18.9 Å². The summed E-state index contributed by atoms with van der Waals surface area (Å²) in [5.41, 5.74) is 1.29. The third-order valence-electron chi connectivity index (χ3n) is 7.18. The lowest BCUT2D eigenvalue weighted by molar-refractivity contribution is -0.129. The largest absolute Gasteiger partial charge is 0.495 e. The first-order chi connectivity index (χ1) is 19.1. The molecule has 1 fully saturated rings. The Hall–Kier alpha value is -3.80. The first-order valence-corrected chi connectivity index (χ1v) is 13.3. The molecule has 1 aliphatic carbocycles. The van der Waals surface area contributed by atoms with E-state index in [4.69, 9.17) is 4.74 Å². The van der Waals surface area contributed by atoms with Gasteiger partial charge in [-0.15, -0.1) is 0 Å². The first kappa shape index (κ1) is 29.2. The number of hydrogen-bond donors (Lipinski definition) is 4. The SMILES string of the molecule is CCC(=O)NC1=CC(NC2N=C(Nc3ccc(C4CCN(C(C)=O)CC4)cc3OC)NC=C2C(F)(F)F)CC=C1. The number of carbonyl (C=O) groups is 2. The van der Waals surface area contributed by atoms with Crippen LogP contribution in [0.25, 0.3) is 0 Å². The van der Waals surface area contributed by atoms with Crippen molar-refractivity contribution in [2.24, 2.45) is 4.99 Å². The van der Waals surface area contributed by atoms with Crippen LogP contribution in [0.1, 0.15) is 51.0 Å². The van der Waals surface area contributed by atoms with Gasteiger partial charge in [0.2, 0.25) is 17.8 Å². The Balaban J connectivity index is 1.49. The quantitative estimate of drug-likeness (QED) is 0.403. The van der Waals surface area contributed by atoms with Gasteiger partial charge in [0.05, 0.1) is 18.4 Å². The van der Waals surface area contributed by atoms with Crippen molar-refractivity contribution in [1.82, 2.24) is 20.9 Å². The number of allylic oxidation sites excluding steroid dienone is 1. The molecule has 0 bridgehead atoms. The Bertz CT molecular complexity index is 1230. The zero-order valence-electron chi connectivity index (χ0n) is 22.8. The minimum Gasteiger partial charge on any atom is -0.495 e. The van der Waals surface area contributed by atoms with Crippen molar-refractivity contribution in [3.8, 4) is 5.75 Å². The Morgan fingerprint density at radius 3 is 2.62 bits per heavy atom. The number of amides is 2. The molecule has 0 aromatic heterocycles. The minimum absolute atomic E-state index is 0.0755.